The van der Waals surface area contributed by atoms with E-state index >= 15 is 0 Å². The first-order valence-electron chi connectivity index (χ1n) is 17.3. The van der Waals surface area contributed by atoms with E-state index in [0.717, 1.165) is 11.4 Å². The Bertz CT molecular complexity index is 1230. The molecule has 3 aromatic rings. The molecular formula is C35H47N7. The van der Waals surface area contributed by atoms with Crippen LogP contribution in [0.4, 0.5) is 0 Å². The molecule has 0 amide bonds. The van der Waals surface area contributed by atoms with Gasteiger partial charge >= 0.3 is 0 Å². The monoisotopic (exact) mass is 565 g/mol. The normalized spacial score (nSPS) is 21.9. The zero-order chi connectivity index (χ0) is 28.1. The molecule has 4 saturated carbocycles. The minimum absolute atomic E-state index is 0.492. The average molecular weight is 566 g/mol. The number of hydrogen-bond acceptors (Lipinski definition) is 7. The fraction of sp³-hybridized carbons (Fsp3) is 0.686. The molecule has 0 unspecified atom stereocenters. The summed E-state index contributed by atoms with van der Waals surface area (Å²) < 4.78 is 0. The molecule has 222 valence electrons. The molecule has 4 aliphatic rings. The van der Waals surface area contributed by atoms with Crippen LogP contribution in [0, 0.1) is 0 Å². The van der Waals surface area contributed by atoms with Crippen LogP contribution in [-0.4, -0.2) is 35.3 Å². The summed E-state index contributed by atoms with van der Waals surface area (Å²) in [4.78, 5) is 15.5. The minimum atomic E-state index is 0.492. The Kier molecular flexibility index (Phi) is 8.80. The first kappa shape index (κ1) is 28.0. The lowest BCUT2D eigenvalue weighted by molar-refractivity contribution is 0.403. The van der Waals surface area contributed by atoms with Gasteiger partial charge in [-0.1, -0.05) is 83.1 Å². The molecule has 7 nitrogen and oxygen atoms in total. The minimum Gasteiger partial charge on any atom is -0.241 e. The predicted octanol–water partition coefficient (Wildman–Crippen LogP) is 8.98. The number of nitrogens with zero attached hydrogens (tertiary/aromatic N) is 7. The van der Waals surface area contributed by atoms with E-state index in [2.05, 4.69) is 0 Å². The van der Waals surface area contributed by atoms with E-state index in [4.69, 9.17) is 35.3 Å². The highest BCUT2D eigenvalue weighted by atomic mass is 15.2. The van der Waals surface area contributed by atoms with Gasteiger partial charge in [-0.05, 0) is 63.5 Å². The molecule has 7 rings (SSSR count). The van der Waals surface area contributed by atoms with Gasteiger partial charge in [0.25, 0.3) is 0 Å². The van der Waals surface area contributed by atoms with Crippen LogP contribution in [0.2, 0.25) is 0 Å². The van der Waals surface area contributed by atoms with Crippen LogP contribution < -0.4 is 0 Å². The third kappa shape index (κ3) is 6.12. The van der Waals surface area contributed by atoms with Crippen molar-refractivity contribution in [2.24, 2.45) is 0 Å². The number of hydrogen-bond donors (Lipinski definition) is 0. The molecule has 0 radical (unpaired) electrons. The fourth-order valence-electron chi connectivity index (χ4n) is 8.28. The van der Waals surface area contributed by atoms with Crippen LogP contribution in [0.15, 0.2) is 18.2 Å². The second-order valence-electron chi connectivity index (χ2n) is 13.6. The SMILES string of the molecule is c1cc(-c2nnc(C3CCCCC3)c(C3CCCCC3)n2)nc(-c2nnc(C3CCCCC3)c(C3CCCCC3)n2)c1. The van der Waals surface area contributed by atoms with Gasteiger partial charge in [0, 0.05) is 23.7 Å². The fourth-order valence-corrected chi connectivity index (χ4v) is 8.28. The van der Waals surface area contributed by atoms with Gasteiger partial charge in [0.2, 0.25) is 11.6 Å². The quantitative estimate of drug-likeness (QED) is 0.294. The van der Waals surface area contributed by atoms with Gasteiger partial charge in [-0.25, -0.2) is 15.0 Å². The van der Waals surface area contributed by atoms with E-state index in [1.165, 1.54) is 151 Å². The summed E-state index contributed by atoms with van der Waals surface area (Å²) in [5, 5.41) is 19.2. The zero-order valence-corrected chi connectivity index (χ0v) is 25.3. The van der Waals surface area contributed by atoms with E-state index in [1.807, 2.05) is 18.2 Å². The topological polar surface area (TPSA) is 90.2 Å². The molecule has 0 bridgehead atoms. The Hall–Kier alpha value is -2.83. The summed E-state index contributed by atoms with van der Waals surface area (Å²) in [6, 6.07) is 6.06. The van der Waals surface area contributed by atoms with Crippen LogP contribution >= 0.6 is 0 Å². The van der Waals surface area contributed by atoms with Crippen molar-refractivity contribution in [2.45, 2.75) is 152 Å². The Morgan fingerprint density at radius 2 is 0.690 bits per heavy atom. The highest BCUT2D eigenvalue weighted by Crippen LogP contribution is 2.41. The first-order valence-corrected chi connectivity index (χ1v) is 17.3. The van der Waals surface area contributed by atoms with Crippen molar-refractivity contribution in [3.05, 3.63) is 41.0 Å². The van der Waals surface area contributed by atoms with E-state index < -0.39 is 0 Å². The predicted molar refractivity (Wildman–Crippen MR) is 165 cm³/mol. The lowest BCUT2D eigenvalue weighted by atomic mass is 9.80. The highest BCUT2D eigenvalue weighted by molar-refractivity contribution is 5.57. The molecule has 0 aromatic carbocycles. The molecule has 0 aliphatic heterocycles. The molecule has 4 aliphatic carbocycles. The van der Waals surface area contributed by atoms with Crippen molar-refractivity contribution in [2.75, 3.05) is 0 Å². The zero-order valence-electron chi connectivity index (χ0n) is 25.3. The summed E-state index contributed by atoms with van der Waals surface area (Å²) in [5.74, 6) is 3.26. The summed E-state index contributed by atoms with van der Waals surface area (Å²) in [6.07, 6.45) is 25.3. The van der Waals surface area contributed by atoms with Gasteiger partial charge in [-0.2, -0.15) is 10.2 Å². The first-order chi connectivity index (χ1) is 20.8. The van der Waals surface area contributed by atoms with Gasteiger partial charge < -0.3 is 0 Å². The van der Waals surface area contributed by atoms with E-state index in [0.29, 0.717) is 35.3 Å². The van der Waals surface area contributed by atoms with Gasteiger partial charge in [-0.15, -0.1) is 10.2 Å². The lowest BCUT2D eigenvalue weighted by Gasteiger charge is -2.27. The molecule has 4 fully saturated rings. The molecular weight excluding hydrogens is 518 g/mol. The average Bonchev–Trinajstić information content (AvgIpc) is 3.09. The van der Waals surface area contributed by atoms with Gasteiger partial charge in [0.1, 0.15) is 11.4 Å². The molecule has 3 heterocycles. The molecule has 0 spiro atoms. The molecule has 3 aromatic heterocycles. The number of aromatic nitrogens is 7. The van der Waals surface area contributed by atoms with E-state index in [-0.39, 0.29) is 0 Å². The summed E-state index contributed by atoms with van der Waals surface area (Å²) >= 11 is 0. The lowest BCUT2D eigenvalue weighted by Crippen LogP contribution is -2.18. The summed E-state index contributed by atoms with van der Waals surface area (Å²) in [7, 11) is 0. The molecule has 0 saturated heterocycles. The Morgan fingerprint density at radius 1 is 0.357 bits per heavy atom. The van der Waals surface area contributed by atoms with Crippen LogP contribution in [0.5, 0.6) is 0 Å². The largest absolute Gasteiger partial charge is 0.241 e. The Balaban J connectivity index is 1.22. The van der Waals surface area contributed by atoms with Crippen LogP contribution in [0.3, 0.4) is 0 Å². The molecule has 0 atom stereocenters. The van der Waals surface area contributed by atoms with Crippen molar-refractivity contribution >= 4 is 0 Å². The van der Waals surface area contributed by atoms with Crippen molar-refractivity contribution in [1.29, 1.82) is 0 Å². The number of pyridine rings is 1. The maximum absolute atomic E-state index is 5.25. The van der Waals surface area contributed by atoms with Crippen LogP contribution in [0.25, 0.3) is 23.0 Å². The van der Waals surface area contributed by atoms with Gasteiger partial charge in [0.15, 0.2) is 0 Å². The maximum Gasteiger partial charge on any atom is 0.200 e. The van der Waals surface area contributed by atoms with Crippen molar-refractivity contribution in [3.8, 4) is 23.0 Å². The standard InChI is InChI=1S/C35H47N7/c1-5-14-24(15-6-1)30-32(26-18-9-3-10-19-26)39-41-34(37-30)28-22-13-23-29(36-28)35-38-31(25-16-7-2-8-17-25)33(40-42-35)27-20-11-4-12-21-27/h13,22-27H,1-12,14-21H2. The van der Waals surface area contributed by atoms with Gasteiger partial charge in [0.05, 0.1) is 22.8 Å². The summed E-state index contributed by atoms with van der Waals surface area (Å²) in [6.45, 7) is 0. The van der Waals surface area contributed by atoms with Gasteiger partial charge in [-0.3, -0.25) is 0 Å². The van der Waals surface area contributed by atoms with E-state index in [9.17, 15) is 0 Å². The van der Waals surface area contributed by atoms with Crippen LogP contribution in [0.1, 0.15) is 175 Å². The van der Waals surface area contributed by atoms with Crippen LogP contribution in [-0.2, 0) is 0 Å². The van der Waals surface area contributed by atoms with Crippen molar-refractivity contribution in [3.63, 3.8) is 0 Å². The third-order valence-corrected chi connectivity index (χ3v) is 10.7. The second-order valence-corrected chi connectivity index (χ2v) is 13.6. The smallest absolute Gasteiger partial charge is 0.200 e. The summed E-state index contributed by atoms with van der Waals surface area (Å²) in [5.41, 5.74) is 6.26. The second kappa shape index (κ2) is 13.2. The van der Waals surface area contributed by atoms with Crippen molar-refractivity contribution < 1.29 is 0 Å². The Morgan fingerprint density at radius 3 is 1.05 bits per heavy atom. The molecule has 0 N–H and O–H groups in total. The number of rotatable bonds is 6. The Labute approximate surface area is 251 Å². The molecule has 42 heavy (non-hydrogen) atoms. The highest BCUT2D eigenvalue weighted by Gasteiger charge is 2.30. The molecule has 7 heteroatoms. The van der Waals surface area contributed by atoms with Crippen molar-refractivity contribution in [1.82, 2.24) is 35.3 Å². The van der Waals surface area contributed by atoms with E-state index in [1.54, 1.807) is 0 Å². The third-order valence-electron chi connectivity index (χ3n) is 10.7. The maximum atomic E-state index is 5.25.